The van der Waals surface area contributed by atoms with Crippen molar-refractivity contribution in [3.8, 4) is 0 Å². The molecule has 2 aromatic rings. The lowest BCUT2D eigenvalue weighted by atomic mass is 10.0. The zero-order valence-electron chi connectivity index (χ0n) is 8.55. The van der Waals surface area contributed by atoms with Crippen LogP contribution in [0.4, 0.5) is 0 Å². The van der Waals surface area contributed by atoms with Gasteiger partial charge in [-0.3, -0.25) is 0 Å². The van der Waals surface area contributed by atoms with Gasteiger partial charge in [-0.15, -0.1) is 0 Å². The fourth-order valence-corrected chi connectivity index (χ4v) is 1.90. The highest BCUT2D eigenvalue weighted by Gasteiger charge is 2.10. The highest BCUT2D eigenvalue weighted by molar-refractivity contribution is 6.99. The van der Waals surface area contributed by atoms with E-state index in [4.69, 9.17) is 5.73 Å². The monoisotopic (exact) mass is 219 g/mol. The van der Waals surface area contributed by atoms with Crippen molar-refractivity contribution in [2.75, 3.05) is 0 Å². The van der Waals surface area contributed by atoms with Gasteiger partial charge in [-0.25, -0.2) is 0 Å². The van der Waals surface area contributed by atoms with Crippen molar-refractivity contribution in [2.24, 2.45) is 5.73 Å². The molecule has 0 bridgehead atoms. The second-order valence-electron chi connectivity index (χ2n) is 3.41. The van der Waals surface area contributed by atoms with E-state index < -0.39 is 0 Å². The molecule has 15 heavy (non-hydrogen) atoms. The van der Waals surface area contributed by atoms with Crippen LogP contribution in [-0.4, -0.2) is 8.75 Å². The number of benzene rings is 1. The summed E-state index contributed by atoms with van der Waals surface area (Å²) < 4.78 is 8.09. The maximum absolute atomic E-state index is 6.06. The first-order valence-corrected chi connectivity index (χ1v) is 5.66. The Kier molecular flexibility index (Phi) is 3.08. The van der Waals surface area contributed by atoms with E-state index in [0.29, 0.717) is 0 Å². The number of aryl methyl sites for hydroxylation is 1. The molecule has 0 aliphatic rings. The molecule has 1 aromatic heterocycles. The van der Waals surface area contributed by atoms with Crippen molar-refractivity contribution < 1.29 is 0 Å². The minimum absolute atomic E-state index is 0.158. The zero-order valence-corrected chi connectivity index (χ0v) is 9.37. The van der Waals surface area contributed by atoms with Crippen LogP contribution < -0.4 is 5.73 Å². The molecule has 1 unspecified atom stereocenters. The standard InChI is InChI=1S/C11H13N3S/c1-2-8-3-5-9(6-4-8)11(12)10-7-13-15-14-10/h3-7,11H,2,12H2,1H3. The molecule has 2 N–H and O–H groups in total. The molecule has 2 rings (SSSR count). The van der Waals surface area contributed by atoms with Crippen LogP contribution in [0.2, 0.25) is 0 Å². The maximum atomic E-state index is 6.06. The smallest absolute Gasteiger partial charge is 0.0955 e. The van der Waals surface area contributed by atoms with E-state index in [0.717, 1.165) is 17.7 Å². The van der Waals surface area contributed by atoms with Crippen molar-refractivity contribution in [1.29, 1.82) is 0 Å². The summed E-state index contributed by atoms with van der Waals surface area (Å²) in [6.45, 7) is 2.14. The van der Waals surface area contributed by atoms with Crippen molar-refractivity contribution >= 4 is 11.7 Å². The number of nitrogens with two attached hydrogens (primary N) is 1. The zero-order chi connectivity index (χ0) is 10.7. The van der Waals surface area contributed by atoms with Crippen LogP contribution in [0.15, 0.2) is 30.5 Å². The molecule has 3 nitrogen and oxygen atoms in total. The molecule has 78 valence electrons. The van der Waals surface area contributed by atoms with Gasteiger partial charge >= 0.3 is 0 Å². The summed E-state index contributed by atoms with van der Waals surface area (Å²) in [6.07, 6.45) is 2.77. The Hall–Kier alpha value is -1.26. The SMILES string of the molecule is CCc1ccc(C(N)c2cnsn2)cc1. The lowest BCUT2D eigenvalue weighted by Crippen LogP contribution is -2.11. The number of aromatic nitrogens is 2. The molecule has 4 heteroatoms. The lowest BCUT2D eigenvalue weighted by molar-refractivity contribution is 0.842. The maximum Gasteiger partial charge on any atom is 0.0955 e. The van der Waals surface area contributed by atoms with E-state index in [1.807, 2.05) is 0 Å². The van der Waals surface area contributed by atoms with Crippen LogP contribution >= 0.6 is 11.7 Å². The van der Waals surface area contributed by atoms with Gasteiger partial charge in [0, 0.05) is 0 Å². The van der Waals surface area contributed by atoms with Crippen molar-refractivity contribution in [2.45, 2.75) is 19.4 Å². The Balaban J connectivity index is 2.22. The van der Waals surface area contributed by atoms with Gasteiger partial charge in [-0.05, 0) is 17.5 Å². The normalized spacial score (nSPS) is 12.7. The van der Waals surface area contributed by atoms with Gasteiger partial charge in [0.15, 0.2) is 0 Å². The summed E-state index contributed by atoms with van der Waals surface area (Å²) in [5, 5.41) is 0. The molecule has 0 aliphatic heterocycles. The van der Waals surface area contributed by atoms with Crippen LogP contribution in [-0.2, 0) is 6.42 Å². The molecule has 0 amide bonds. The van der Waals surface area contributed by atoms with Gasteiger partial charge in [-0.1, -0.05) is 31.2 Å². The Bertz CT molecular complexity index is 408. The molecule has 0 saturated carbocycles. The average molecular weight is 219 g/mol. The Morgan fingerprint density at radius 3 is 2.60 bits per heavy atom. The van der Waals surface area contributed by atoms with E-state index in [9.17, 15) is 0 Å². The first-order chi connectivity index (χ1) is 7.31. The molecule has 1 atom stereocenters. The van der Waals surface area contributed by atoms with Gasteiger partial charge in [-0.2, -0.15) is 8.75 Å². The van der Waals surface area contributed by atoms with Gasteiger partial charge in [0.25, 0.3) is 0 Å². The quantitative estimate of drug-likeness (QED) is 0.860. The second-order valence-corrected chi connectivity index (χ2v) is 3.96. The molecule has 0 fully saturated rings. The molecule has 0 radical (unpaired) electrons. The largest absolute Gasteiger partial charge is 0.319 e. The minimum Gasteiger partial charge on any atom is -0.319 e. The average Bonchev–Trinajstić information content (AvgIpc) is 2.82. The van der Waals surface area contributed by atoms with E-state index in [-0.39, 0.29) is 6.04 Å². The minimum atomic E-state index is -0.158. The van der Waals surface area contributed by atoms with Crippen LogP contribution in [0.5, 0.6) is 0 Å². The summed E-state index contributed by atoms with van der Waals surface area (Å²) in [6, 6.07) is 8.17. The second kappa shape index (κ2) is 4.51. The number of hydrogen-bond acceptors (Lipinski definition) is 4. The lowest BCUT2D eigenvalue weighted by Gasteiger charge is -2.08. The van der Waals surface area contributed by atoms with Gasteiger partial charge in [0.2, 0.25) is 0 Å². The number of nitrogens with zero attached hydrogens (tertiary/aromatic N) is 2. The Morgan fingerprint density at radius 1 is 1.33 bits per heavy atom. The van der Waals surface area contributed by atoms with Gasteiger partial charge < -0.3 is 5.73 Å². The summed E-state index contributed by atoms with van der Waals surface area (Å²) in [5.74, 6) is 0. The number of rotatable bonds is 3. The predicted molar refractivity (Wildman–Crippen MR) is 61.8 cm³/mol. The third kappa shape index (κ3) is 2.22. The highest BCUT2D eigenvalue weighted by Crippen LogP contribution is 2.18. The molecule has 1 heterocycles. The summed E-state index contributed by atoms with van der Waals surface area (Å²) >= 11 is 1.19. The molecule has 0 spiro atoms. The fourth-order valence-electron chi connectivity index (χ4n) is 1.44. The van der Waals surface area contributed by atoms with E-state index >= 15 is 0 Å². The Labute approximate surface area is 93.3 Å². The Morgan fingerprint density at radius 2 is 2.07 bits per heavy atom. The predicted octanol–water partition coefficient (Wildman–Crippen LogP) is 2.15. The summed E-state index contributed by atoms with van der Waals surface area (Å²) in [4.78, 5) is 0. The van der Waals surface area contributed by atoms with Crippen molar-refractivity contribution in [1.82, 2.24) is 8.75 Å². The third-order valence-corrected chi connectivity index (χ3v) is 2.94. The third-order valence-electron chi connectivity index (χ3n) is 2.44. The van der Waals surface area contributed by atoms with E-state index in [1.165, 1.54) is 17.3 Å². The van der Waals surface area contributed by atoms with Gasteiger partial charge in [0.1, 0.15) is 0 Å². The summed E-state index contributed by atoms with van der Waals surface area (Å²) in [7, 11) is 0. The van der Waals surface area contributed by atoms with Crippen molar-refractivity contribution in [3.63, 3.8) is 0 Å². The molecule has 0 aliphatic carbocycles. The van der Waals surface area contributed by atoms with E-state index in [1.54, 1.807) is 6.20 Å². The first-order valence-electron chi connectivity index (χ1n) is 4.93. The fraction of sp³-hybridized carbons (Fsp3) is 0.273. The molecule has 1 aromatic carbocycles. The van der Waals surface area contributed by atoms with Crippen LogP contribution in [0.1, 0.15) is 29.8 Å². The summed E-state index contributed by atoms with van der Waals surface area (Å²) in [5.41, 5.74) is 9.30. The number of hydrogen-bond donors (Lipinski definition) is 1. The molecule has 0 saturated heterocycles. The molecular formula is C11H13N3S. The van der Waals surface area contributed by atoms with Gasteiger partial charge in [0.05, 0.1) is 29.7 Å². The first kappa shape index (κ1) is 10.3. The topological polar surface area (TPSA) is 51.8 Å². The molecular weight excluding hydrogens is 206 g/mol. The van der Waals surface area contributed by atoms with Crippen LogP contribution in [0.3, 0.4) is 0 Å². The van der Waals surface area contributed by atoms with Crippen LogP contribution in [0, 0.1) is 0 Å². The highest BCUT2D eigenvalue weighted by atomic mass is 32.1. The van der Waals surface area contributed by atoms with E-state index in [2.05, 4.69) is 39.9 Å². The van der Waals surface area contributed by atoms with Crippen LogP contribution in [0.25, 0.3) is 0 Å². The van der Waals surface area contributed by atoms with Crippen molar-refractivity contribution in [3.05, 3.63) is 47.3 Å².